The number of para-hydroxylation sites is 1. The number of aryl methyl sites for hydroxylation is 1. The van der Waals surface area contributed by atoms with Crippen molar-refractivity contribution in [2.45, 2.75) is 13.5 Å². The van der Waals surface area contributed by atoms with E-state index in [0.29, 0.717) is 10.7 Å². The van der Waals surface area contributed by atoms with Gasteiger partial charge in [-0.15, -0.1) is 0 Å². The zero-order chi connectivity index (χ0) is 17.0. The number of hydrogen-bond donors (Lipinski definition) is 2. The molecule has 2 aromatic carbocycles. The normalized spacial score (nSPS) is 10.2. The number of anilines is 1. The smallest absolute Gasteiger partial charge is 0.331 e. The molecule has 23 heavy (non-hydrogen) atoms. The lowest BCUT2D eigenvalue weighted by atomic mass is 10.2. The third-order valence-electron chi connectivity index (χ3n) is 3.52. The van der Waals surface area contributed by atoms with Gasteiger partial charge in [0.2, 0.25) is 0 Å². The van der Waals surface area contributed by atoms with Crippen LogP contribution < -0.4 is 10.6 Å². The number of urea groups is 1. The molecular formula is C17H19ClN4O. The lowest BCUT2D eigenvalue weighted by Crippen LogP contribution is -2.47. The van der Waals surface area contributed by atoms with Crippen molar-refractivity contribution in [1.29, 1.82) is 5.41 Å². The van der Waals surface area contributed by atoms with Gasteiger partial charge in [-0.1, -0.05) is 54.1 Å². The van der Waals surface area contributed by atoms with Crippen LogP contribution in [0.4, 0.5) is 10.5 Å². The van der Waals surface area contributed by atoms with Crippen LogP contribution in [0.25, 0.3) is 0 Å². The molecule has 0 heterocycles. The molecule has 0 aliphatic carbocycles. The lowest BCUT2D eigenvalue weighted by molar-refractivity contribution is 0.226. The Morgan fingerprint density at radius 3 is 2.39 bits per heavy atom. The van der Waals surface area contributed by atoms with Crippen molar-refractivity contribution in [2.24, 2.45) is 5.73 Å². The first-order chi connectivity index (χ1) is 10.9. The Labute approximate surface area is 140 Å². The van der Waals surface area contributed by atoms with Crippen molar-refractivity contribution in [3.05, 3.63) is 64.7 Å². The third-order valence-corrected chi connectivity index (χ3v) is 3.82. The number of carbonyl (C=O) groups excluding carboxylic acids is 1. The molecule has 0 bridgehead atoms. The zero-order valence-corrected chi connectivity index (χ0v) is 13.8. The highest BCUT2D eigenvalue weighted by atomic mass is 35.5. The Hall–Kier alpha value is -2.53. The molecule has 0 aliphatic rings. The molecule has 0 fully saturated rings. The first kappa shape index (κ1) is 16.8. The van der Waals surface area contributed by atoms with Gasteiger partial charge in [-0.3, -0.25) is 15.2 Å². The molecule has 0 aliphatic heterocycles. The second-order valence-electron chi connectivity index (χ2n) is 5.20. The summed E-state index contributed by atoms with van der Waals surface area (Å²) in [6.07, 6.45) is 0. The number of guanidine groups is 1. The van der Waals surface area contributed by atoms with E-state index in [-0.39, 0.29) is 12.5 Å². The van der Waals surface area contributed by atoms with Crippen molar-refractivity contribution >= 4 is 29.3 Å². The molecule has 0 unspecified atom stereocenters. The highest BCUT2D eigenvalue weighted by molar-refractivity contribution is 6.34. The van der Waals surface area contributed by atoms with Gasteiger partial charge in [0.15, 0.2) is 5.96 Å². The van der Waals surface area contributed by atoms with E-state index < -0.39 is 6.03 Å². The first-order valence-corrected chi connectivity index (χ1v) is 7.48. The summed E-state index contributed by atoms with van der Waals surface area (Å²) in [5.74, 6) is -0.310. The molecule has 5 nitrogen and oxygen atoms in total. The minimum Gasteiger partial charge on any atom is -0.370 e. The van der Waals surface area contributed by atoms with Crippen molar-refractivity contribution in [3.8, 4) is 0 Å². The van der Waals surface area contributed by atoms with Crippen LogP contribution in [0.15, 0.2) is 48.5 Å². The van der Waals surface area contributed by atoms with Gasteiger partial charge >= 0.3 is 6.03 Å². The lowest BCUT2D eigenvalue weighted by Gasteiger charge is -2.28. The summed E-state index contributed by atoms with van der Waals surface area (Å²) in [7, 11) is 1.62. The predicted molar refractivity (Wildman–Crippen MR) is 93.9 cm³/mol. The fourth-order valence-electron chi connectivity index (χ4n) is 2.35. The number of nitrogens with zero attached hydrogens (tertiary/aromatic N) is 2. The molecule has 6 heteroatoms. The fraction of sp³-hybridized carbons (Fsp3) is 0.176. The largest absolute Gasteiger partial charge is 0.370 e. The average molecular weight is 331 g/mol. The van der Waals surface area contributed by atoms with E-state index in [0.717, 1.165) is 11.1 Å². The van der Waals surface area contributed by atoms with Gasteiger partial charge in [-0.25, -0.2) is 4.79 Å². The zero-order valence-electron chi connectivity index (χ0n) is 13.1. The second kappa shape index (κ2) is 7.15. The van der Waals surface area contributed by atoms with Gasteiger partial charge in [-0.05, 0) is 24.1 Å². The van der Waals surface area contributed by atoms with Crippen LogP contribution in [0.5, 0.6) is 0 Å². The number of amides is 2. The Morgan fingerprint density at radius 1 is 1.17 bits per heavy atom. The SMILES string of the molecule is Cc1cccc(Cl)c1N(C)C(=O)N(Cc1ccccc1)C(=N)N. The van der Waals surface area contributed by atoms with E-state index in [1.54, 1.807) is 13.1 Å². The molecule has 0 spiro atoms. The number of hydrogen-bond acceptors (Lipinski definition) is 2. The predicted octanol–water partition coefficient (Wildman–Crippen LogP) is 3.60. The van der Waals surface area contributed by atoms with Gasteiger partial charge in [0, 0.05) is 7.05 Å². The van der Waals surface area contributed by atoms with E-state index >= 15 is 0 Å². The van der Waals surface area contributed by atoms with E-state index in [1.807, 2.05) is 49.4 Å². The Bertz CT molecular complexity index is 698. The van der Waals surface area contributed by atoms with Crippen molar-refractivity contribution in [1.82, 2.24) is 4.90 Å². The quantitative estimate of drug-likeness (QED) is 0.666. The van der Waals surface area contributed by atoms with E-state index in [4.69, 9.17) is 22.7 Å². The summed E-state index contributed by atoms with van der Waals surface area (Å²) < 4.78 is 0. The number of halogens is 1. The Kier molecular flexibility index (Phi) is 5.24. The van der Waals surface area contributed by atoms with Gasteiger partial charge in [-0.2, -0.15) is 0 Å². The van der Waals surface area contributed by atoms with Crippen LogP contribution in [0.1, 0.15) is 11.1 Å². The minimum absolute atomic E-state index is 0.225. The van der Waals surface area contributed by atoms with Crippen LogP contribution in [-0.4, -0.2) is 23.9 Å². The first-order valence-electron chi connectivity index (χ1n) is 7.10. The van der Waals surface area contributed by atoms with Crippen LogP contribution in [0.2, 0.25) is 5.02 Å². The molecule has 0 saturated heterocycles. The molecule has 3 N–H and O–H groups in total. The maximum absolute atomic E-state index is 12.8. The summed E-state index contributed by atoms with van der Waals surface area (Å²) >= 11 is 6.22. The number of nitrogens with two attached hydrogens (primary N) is 1. The molecule has 120 valence electrons. The molecule has 0 atom stereocenters. The number of benzene rings is 2. The molecular weight excluding hydrogens is 312 g/mol. The molecule has 2 aromatic rings. The highest BCUT2D eigenvalue weighted by Crippen LogP contribution is 2.29. The third kappa shape index (κ3) is 3.81. The van der Waals surface area contributed by atoms with Gasteiger partial charge in [0.25, 0.3) is 0 Å². The summed E-state index contributed by atoms with van der Waals surface area (Å²) in [5, 5.41) is 8.19. The van der Waals surface area contributed by atoms with E-state index in [2.05, 4.69) is 0 Å². The fourth-order valence-corrected chi connectivity index (χ4v) is 2.70. The van der Waals surface area contributed by atoms with E-state index in [9.17, 15) is 4.79 Å². The Balaban J connectivity index is 2.29. The molecule has 2 rings (SSSR count). The molecule has 2 amide bonds. The number of nitrogens with one attached hydrogen (secondary N) is 1. The van der Waals surface area contributed by atoms with Crippen LogP contribution in [0, 0.1) is 12.3 Å². The molecule has 0 saturated carbocycles. The van der Waals surface area contributed by atoms with Crippen molar-refractivity contribution < 1.29 is 4.79 Å². The highest BCUT2D eigenvalue weighted by Gasteiger charge is 2.24. The van der Waals surface area contributed by atoms with Gasteiger partial charge in [0.05, 0.1) is 17.3 Å². The van der Waals surface area contributed by atoms with Gasteiger partial charge in [0.1, 0.15) is 0 Å². The van der Waals surface area contributed by atoms with E-state index in [1.165, 1.54) is 9.80 Å². The second-order valence-corrected chi connectivity index (χ2v) is 5.61. The Morgan fingerprint density at radius 2 is 1.83 bits per heavy atom. The van der Waals surface area contributed by atoms with Crippen molar-refractivity contribution in [3.63, 3.8) is 0 Å². The summed E-state index contributed by atoms with van der Waals surface area (Å²) in [4.78, 5) is 15.4. The van der Waals surface area contributed by atoms with Crippen molar-refractivity contribution in [2.75, 3.05) is 11.9 Å². The maximum Gasteiger partial charge on any atom is 0.331 e. The molecule has 0 aromatic heterocycles. The average Bonchev–Trinajstić information content (AvgIpc) is 2.52. The monoisotopic (exact) mass is 330 g/mol. The summed E-state index contributed by atoms with van der Waals surface area (Å²) in [6.45, 7) is 2.10. The van der Waals surface area contributed by atoms with Gasteiger partial charge < -0.3 is 5.73 Å². The number of rotatable bonds is 3. The number of carbonyl (C=O) groups is 1. The summed E-state index contributed by atoms with van der Waals surface area (Å²) in [5.41, 5.74) is 7.98. The van der Waals surface area contributed by atoms with Crippen LogP contribution in [-0.2, 0) is 6.54 Å². The standard InChI is InChI=1S/C17H19ClN4O/c1-12-7-6-10-14(18)15(12)21(2)17(23)22(16(19)20)11-13-8-4-3-5-9-13/h3-10H,11H2,1-2H3,(H3,19,20). The van der Waals surface area contributed by atoms with Crippen LogP contribution >= 0.6 is 11.6 Å². The maximum atomic E-state index is 12.8. The minimum atomic E-state index is -0.405. The topological polar surface area (TPSA) is 73.4 Å². The van der Waals surface area contributed by atoms with Crippen LogP contribution in [0.3, 0.4) is 0 Å². The molecule has 0 radical (unpaired) electrons. The summed E-state index contributed by atoms with van der Waals surface area (Å²) in [6, 6.07) is 14.4.